The Balaban J connectivity index is 2.45. The van der Waals surface area contributed by atoms with Crippen LogP contribution >= 0.6 is 12.2 Å². The minimum absolute atomic E-state index is 0.372. The van der Waals surface area contributed by atoms with Crippen LogP contribution in [0.15, 0.2) is 6.07 Å². The van der Waals surface area contributed by atoms with Crippen LogP contribution in [0, 0.1) is 0 Å². The van der Waals surface area contributed by atoms with E-state index < -0.39 is 5.60 Å². The van der Waals surface area contributed by atoms with Gasteiger partial charge in [0.15, 0.2) is 0 Å². The number of aryl methyl sites for hydroxylation is 2. The summed E-state index contributed by atoms with van der Waals surface area (Å²) in [6.07, 6.45) is 3.20. The minimum atomic E-state index is -0.788. The summed E-state index contributed by atoms with van der Waals surface area (Å²) in [6, 6.07) is 2.08. The minimum Gasteiger partial charge on any atom is -0.389 e. The van der Waals surface area contributed by atoms with Crippen LogP contribution in [0.4, 0.5) is 5.82 Å². The maximum absolute atomic E-state index is 10.1. The first-order valence-electron chi connectivity index (χ1n) is 7.11. The Morgan fingerprint density at radius 3 is 2.75 bits per heavy atom. The highest BCUT2D eigenvalue weighted by Crippen LogP contribution is 2.28. The number of hydrogen-bond acceptors (Lipinski definition) is 4. The number of likely N-dealkylation sites (N-methyl/N-ethyl adjacent to an activating group) is 1. The van der Waals surface area contributed by atoms with Crippen molar-refractivity contribution >= 4 is 23.0 Å². The lowest BCUT2D eigenvalue weighted by Crippen LogP contribution is -2.40. The molecule has 1 aromatic rings. The zero-order valence-electron chi connectivity index (χ0n) is 12.4. The number of nitrogens with zero attached hydrogens (tertiary/aromatic N) is 2. The summed E-state index contributed by atoms with van der Waals surface area (Å²) in [5.74, 6) is 0.808. The van der Waals surface area contributed by atoms with Crippen molar-refractivity contribution in [3.63, 3.8) is 0 Å². The fourth-order valence-electron chi connectivity index (χ4n) is 2.69. The van der Waals surface area contributed by atoms with Gasteiger partial charge in [0.2, 0.25) is 0 Å². The standard InChI is InChI=1S/C15H23N3OS/c1-4-18(9-15(2,3)19)14-11(13(16)20)8-10-6-5-7-12(10)17-14/h8,19H,4-7,9H2,1-3H3,(H2,16,20). The quantitative estimate of drug-likeness (QED) is 0.811. The number of nitrogens with two attached hydrogens (primary N) is 1. The van der Waals surface area contributed by atoms with Crippen molar-refractivity contribution in [1.29, 1.82) is 0 Å². The third-order valence-electron chi connectivity index (χ3n) is 3.56. The van der Waals surface area contributed by atoms with E-state index in [9.17, 15) is 5.11 Å². The summed E-state index contributed by atoms with van der Waals surface area (Å²) in [7, 11) is 0. The van der Waals surface area contributed by atoms with E-state index in [2.05, 4.69) is 6.07 Å². The van der Waals surface area contributed by atoms with Gasteiger partial charge in [-0.25, -0.2) is 4.98 Å². The average molecular weight is 293 g/mol. The van der Waals surface area contributed by atoms with Crippen molar-refractivity contribution in [3.8, 4) is 0 Å². The fourth-order valence-corrected chi connectivity index (χ4v) is 2.84. The molecule has 0 aliphatic heterocycles. The van der Waals surface area contributed by atoms with E-state index in [4.69, 9.17) is 22.9 Å². The van der Waals surface area contributed by atoms with Gasteiger partial charge in [-0.15, -0.1) is 0 Å². The van der Waals surface area contributed by atoms with Crippen LogP contribution in [0.1, 0.15) is 44.0 Å². The van der Waals surface area contributed by atoms with E-state index in [0.717, 1.165) is 42.9 Å². The summed E-state index contributed by atoms with van der Waals surface area (Å²) < 4.78 is 0. The highest BCUT2D eigenvalue weighted by molar-refractivity contribution is 7.80. The topological polar surface area (TPSA) is 62.4 Å². The lowest BCUT2D eigenvalue weighted by Gasteiger charge is -2.30. The normalized spacial score (nSPS) is 14.2. The van der Waals surface area contributed by atoms with Crippen molar-refractivity contribution in [2.75, 3.05) is 18.0 Å². The van der Waals surface area contributed by atoms with Crippen molar-refractivity contribution in [2.45, 2.75) is 45.6 Å². The lowest BCUT2D eigenvalue weighted by molar-refractivity contribution is 0.0874. The Morgan fingerprint density at radius 1 is 1.50 bits per heavy atom. The van der Waals surface area contributed by atoms with E-state index in [-0.39, 0.29) is 0 Å². The number of aliphatic hydroxyl groups is 1. The van der Waals surface area contributed by atoms with Crippen molar-refractivity contribution in [1.82, 2.24) is 4.98 Å². The number of fused-ring (bicyclic) bond motifs is 1. The smallest absolute Gasteiger partial charge is 0.139 e. The maximum atomic E-state index is 10.1. The summed E-state index contributed by atoms with van der Waals surface area (Å²) in [5, 5.41) is 10.1. The molecule has 4 nitrogen and oxygen atoms in total. The zero-order valence-corrected chi connectivity index (χ0v) is 13.3. The first-order valence-corrected chi connectivity index (χ1v) is 7.52. The molecule has 0 fully saturated rings. The van der Waals surface area contributed by atoms with Gasteiger partial charge in [0.25, 0.3) is 0 Å². The molecule has 110 valence electrons. The molecule has 0 saturated carbocycles. The SMILES string of the molecule is CCN(CC(C)(C)O)c1nc2c(cc1C(N)=S)CCC2. The highest BCUT2D eigenvalue weighted by Gasteiger charge is 2.24. The summed E-state index contributed by atoms with van der Waals surface area (Å²) in [4.78, 5) is 7.20. The van der Waals surface area contributed by atoms with Crippen molar-refractivity contribution < 1.29 is 5.11 Å². The Hall–Kier alpha value is -1.20. The van der Waals surface area contributed by atoms with Crippen LogP contribution in [-0.2, 0) is 12.8 Å². The fraction of sp³-hybridized carbons (Fsp3) is 0.600. The third kappa shape index (κ3) is 3.27. The Labute approximate surface area is 126 Å². The maximum Gasteiger partial charge on any atom is 0.139 e. The van der Waals surface area contributed by atoms with Crippen LogP contribution in [0.2, 0.25) is 0 Å². The lowest BCUT2D eigenvalue weighted by atomic mass is 10.1. The van der Waals surface area contributed by atoms with Gasteiger partial charge in [0.05, 0.1) is 11.2 Å². The van der Waals surface area contributed by atoms with Gasteiger partial charge >= 0.3 is 0 Å². The number of pyridine rings is 1. The van der Waals surface area contributed by atoms with E-state index >= 15 is 0 Å². The molecule has 3 N–H and O–H groups in total. The van der Waals surface area contributed by atoms with Crippen LogP contribution in [-0.4, -0.2) is 33.8 Å². The van der Waals surface area contributed by atoms with E-state index in [1.54, 1.807) is 13.8 Å². The second-order valence-electron chi connectivity index (χ2n) is 6.01. The Kier molecular flexibility index (Phi) is 4.30. The second-order valence-corrected chi connectivity index (χ2v) is 6.45. The summed E-state index contributed by atoms with van der Waals surface area (Å²) >= 11 is 5.18. The number of anilines is 1. The molecule has 1 heterocycles. The molecule has 20 heavy (non-hydrogen) atoms. The van der Waals surface area contributed by atoms with Gasteiger partial charge in [0.1, 0.15) is 10.8 Å². The van der Waals surface area contributed by atoms with Gasteiger partial charge in [-0.1, -0.05) is 12.2 Å². The molecule has 5 heteroatoms. The van der Waals surface area contributed by atoms with Gasteiger partial charge in [-0.3, -0.25) is 0 Å². The molecule has 0 saturated heterocycles. The highest BCUT2D eigenvalue weighted by atomic mass is 32.1. The van der Waals surface area contributed by atoms with Gasteiger partial charge in [0, 0.05) is 18.8 Å². The molecule has 0 bridgehead atoms. The molecule has 0 aromatic carbocycles. The number of rotatable bonds is 5. The molecule has 0 amide bonds. The van der Waals surface area contributed by atoms with Crippen molar-refractivity contribution in [3.05, 3.63) is 22.9 Å². The predicted octanol–water partition coefficient (Wildman–Crippen LogP) is 1.80. The molecule has 0 atom stereocenters. The second kappa shape index (κ2) is 5.66. The first-order chi connectivity index (χ1) is 9.31. The molecule has 2 rings (SSSR count). The number of aromatic nitrogens is 1. The molecular weight excluding hydrogens is 270 g/mol. The van der Waals surface area contributed by atoms with E-state index in [1.807, 2.05) is 11.8 Å². The molecule has 1 aliphatic rings. The third-order valence-corrected chi connectivity index (χ3v) is 3.78. The predicted molar refractivity (Wildman–Crippen MR) is 86.3 cm³/mol. The van der Waals surface area contributed by atoms with Crippen LogP contribution < -0.4 is 10.6 Å². The number of hydrogen-bond donors (Lipinski definition) is 2. The Morgan fingerprint density at radius 2 is 2.20 bits per heavy atom. The largest absolute Gasteiger partial charge is 0.389 e. The van der Waals surface area contributed by atoms with Crippen LogP contribution in [0.3, 0.4) is 0 Å². The summed E-state index contributed by atoms with van der Waals surface area (Å²) in [6.45, 7) is 6.90. The molecule has 1 aliphatic carbocycles. The molecule has 0 radical (unpaired) electrons. The molecule has 0 unspecified atom stereocenters. The average Bonchev–Trinajstić information content (AvgIpc) is 2.80. The number of thiocarbonyl (C=S) groups is 1. The first kappa shape index (κ1) is 15.2. The van der Waals surface area contributed by atoms with Gasteiger partial charge < -0.3 is 15.7 Å². The van der Waals surface area contributed by atoms with Gasteiger partial charge in [-0.05, 0) is 51.7 Å². The Bertz CT molecular complexity index is 523. The molecular formula is C15H23N3OS. The van der Waals surface area contributed by atoms with Crippen molar-refractivity contribution in [2.24, 2.45) is 5.73 Å². The molecule has 1 aromatic heterocycles. The van der Waals surface area contributed by atoms with E-state index in [0.29, 0.717) is 11.5 Å². The molecule has 0 spiro atoms. The van der Waals surface area contributed by atoms with Gasteiger partial charge in [-0.2, -0.15) is 0 Å². The van der Waals surface area contributed by atoms with E-state index in [1.165, 1.54) is 5.56 Å². The summed E-state index contributed by atoms with van der Waals surface area (Å²) in [5.41, 5.74) is 8.31. The van der Waals surface area contributed by atoms with Crippen LogP contribution in [0.25, 0.3) is 0 Å². The zero-order chi connectivity index (χ0) is 14.9. The monoisotopic (exact) mass is 293 g/mol. The van der Waals surface area contributed by atoms with Crippen LogP contribution in [0.5, 0.6) is 0 Å².